The number of halogens is 2. The molecule has 0 aliphatic carbocycles. The molecule has 9 nitrogen and oxygen atoms in total. The summed E-state index contributed by atoms with van der Waals surface area (Å²) in [7, 11) is -3.38. The molecule has 5 atom stereocenters. The van der Waals surface area contributed by atoms with Gasteiger partial charge < -0.3 is 21.1 Å². The van der Waals surface area contributed by atoms with Gasteiger partial charge in [-0.25, -0.2) is 17.8 Å². The average molecular weight is 644 g/mol. The van der Waals surface area contributed by atoms with Gasteiger partial charge >= 0.3 is 0 Å². The fourth-order valence-corrected chi connectivity index (χ4v) is 7.95. The molecule has 0 saturated carbocycles. The lowest BCUT2D eigenvalue weighted by Gasteiger charge is -2.37. The number of amides is 1. The van der Waals surface area contributed by atoms with Gasteiger partial charge in [-0.2, -0.15) is 4.31 Å². The third kappa shape index (κ3) is 7.58. The molecular formula is C32H39ClFN5O4S. The van der Waals surface area contributed by atoms with Gasteiger partial charge in [0.25, 0.3) is 0 Å². The Morgan fingerprint density at radius 1 is 1.18 bits per heavy atom. The summed E-state index contributed by atoms with van der Waals surface area (Å²) >= 11 is 6.14. The highest BCUT2D eigenvalue weighted by Gasteiger charge is 2.38. The maximum atomic E-state index is 15.2. The second kappa shape index (κ2) is 13.9. The Balaban J connectivity index is 1.36. The van der Waals surface area contributed by atoms with Gasteiger partial charge in [0, 0.05) is 59.6 Å². The number of piperazine rings is 1. The smallest absolute Gasteiger partial charge is 0.242 e. The Labute approximate surface area is 263 Å². The van der Waals surface area contributed by atoms with Crippen LogP contribution in [0.1, 0.15) is 55.7 Å². The van der Waals surface area contributed by atoms with E-state index in [0.717, 1.165) is 12.0 Å². The van der Waals surface area contributed by atoms with Crippen molar-refractivity contribution in [3.63, 3.8) is 0 Å². The number of rotatable bonds is 10. The molecule has 2 fully saturated rings. The van der Waals surface area contributed by atoms with Crippen molar-refractivity contribution in [1.82, 2.24) is 14.6 Å². The Morgan fingerprint density at radius 3 is 2.64 bits per heavy atom. The van der Waals surface area contributed by atoms with Crippen molar-refractivity contribution in [2.75, 3.05) is 24.2 Å². The summed E-state index contributed by atoms with van der Waals surface area (Å²) in [5.41, 5.74) is 8.71. The van der Waals surface area contributed by atoms with Crippen molar-refractivity contribution in [1.29, 1.82) is 0 Å². The molecule has 2 aliphatic rings. The van der Waals surface area contributed by atoms with Crippen molar-refractivity contribution < 1.29 is 22.3 Å². The van der Waals surface area contributed by atoms with Crippen LogP contribution in [0.4, 0.5) is 10.1 Å². The lowest BCUT2D eigenvalue weighted by atomic mass is 9.85. The summed E-state index contributed by atoms with van der Waals surface area (Å²) in [5.74, 6) is -0.983. The number of aromatic nitrogens is 1. The van der Waals surface area contributed by atoms with Crippen LogP contribution in [-0.4, -0.2) is 66.7 Å². The van der Waals surface area contributed by atoms with Gasteiger partial charge in [0.2, 0.25) is 21.8 Å². The number of benzene rings is 2. The molecule has 0 radical (unpaired) electrons. The molecule has 2 bridgehead atoms. The number of fused-ring (bicyclic) bond motifs is 2. The quantitative estimate of drug-likeness (QED) is 0.298. The molecule has 3 aromatic rings. The number of hydrogen-bond donors (Lipinski definition) is 3. The fraction of sp³-hybridized carbons (Fsp3) is 0.438. The zero-order valence-corrected chi connectivity index (χ0v) is 26.5. The van der Waals surface area contributed by atoms with Gasteiger partial charge in [0.05, 0.1) is 17.9 Å². The maximum Gasteiger partial charge on any atom is 0.242 e. The van der Waals surface area contributed by atoms with Gasteiger partial charge in [0.15, 0.2) is 0 Å². The monoisotopic (exact) mass is 643 g/mol. The van der Waals surface area contributed by atoms with Crippen LogP contribution in [0.25, 0.3) is 0 Å². The van der Waals surface area contributed by atoms with E-state index in [2.05, 4.69) is 15.6 Å². The number of nitrogens with zero attached hydrogens (tertiary/aromatic N) is 2. The van der Waals surface area contributed by atoms with Crippen molar-refractivity contribution >= 4 is 33.2 Å². The standard InChI is InChI=1S/C32H39ClFN5O4S/c1-20(2)43-29-15-10-22(17-37-29)30(21-8-11-23(33)12-9-21)31(35)32(40)38-28-7-3-6-27(34)26(28)14-13-25-18-36-24-5-4-16-44(41,42)39(25)19-24/h3,6-12,15,17,20,24-25,30-31,36H,4-5,13-14,16,18-19,35H2,1-2H3,(H,38,40)/t24?,25?,30-,31-/m0/s1. The van der Waals surface area contributed by atoms with Crippen LogP contribution in [0, 0.1) is 5.82 Å². The minimum absolute atomic E-state index is 0.0473. The lowest BCUT2D eigenvalue weighted by Crippen LogP contribution is -2.57. The molecule has 4 N–H and O–H groups in total. The van der Waals surface area contributed by atoms with Crippen LogP contribution in [-0.2, 0) is 21.2 Å². The first-order valence-electron chi connectivity index (χ1n) is 15.0. The first kappa shape index (κ1) is 32.3. The van der Waals surface area contributed by atoms with Crippen LogP contribution < -0.4 is 21.1 Å². The summed E-state index contributed by atoms with van der Waals surface area (Å²) in [6.45, 7) is 4.74. The summed E-state index contributed by atoms with van der Waals surface area (Å²) in [4.78, 5) is 18.1. The molecule has 236 valence electrons. The van der Waals surface area contributed by atoms with Gasteiger partial charge in [-0.05, 0) is 74.9 Å². The molecule has 2 aromatic carbocycles. The van der Waals surface area contributed by atoms with Crippen molar-refractivity contribution in [2.45, 2.75) is 69.7 Å². The van der Waals surface area contributed by atoms with E-state index in [1.54, 1.807) is 34.8 Å². The second-order valence-electron chi connectivity index (χ2n) is 11.7. The fourth-order valence-electron chi connectivity index (χ4n) is 6.02. The molecule has 1 aromatic heterocycles. The second-order valence-corrected chi connectivity index (χ2v) is 14.2. The number of carbonyl (C=O) groups excluding carboxylic acids is 1. The Kier molecular flexibility index (Phi) is 10.2. The van der Waals surface area contributed by atoms with Gasteiger partial charge in [0.1, 0.15) is 5.82 Å². The van der Waals surface area contributed by atoms with Crippen LogP contribution in [0.5, 0.6) is 5.88 Å². The SMILES string of the molecule is CC(C)Oc1ccc([C@H](c2ccc(Cl)cc2)[C@H](N)C(=O)Nc2cccc(F)c2CCC2CNC3CCCS(=O)(=O)N2C3)cn1. The highest BCUT2D eigenvalue weighted by Crippen LogP contribution is 2.31. The van der Waals surface area contributed by atoms with E-state index in [4.69, 9.17) is 22.1 Å². The van der Waals surface area contributed by atoms with E-state index in [1.165, 1.54) is 12.1 Å². The number of nitrogens with one attached hydrogen (secondary N) is 2. The number of nitrogens with two attached hydrogens (primary N) is 1. The van der Waals surface area contributed by atoms with Crippen LogP contribution in [0.3, 0.4) is 0 Å². The summed E-state index contributed by atoms with van der Waals surface area (Å²) in [6, 6.07) is 13.9. The summed E-state index contributed by atoms with van der Waals surface area (Å²) in [6.07, 6.45) is 3.66. The zero-order valence-electron chi connectivity index (χ0n) is 24.9. The van der Waals surface area contributed by atoms with Gasteiger partial charge in [-0.3, -0.25) is 4.79 Å². The minimum Gasteiger partial charge on any atom is -0.475 e. The molecular weight excluding hydrogens is 605 g/mol. The predicted molar refractivity (Wildman–Crippen MR) is 170 cm³/mol. The van der Waals surface area contributed by atoms with E-state index in [9.17, 15) is 13.2 Å². The van der Waals surface area contributed by atoms with E-state index >= 15 is 4.39 Å². The van der Waals surface area contributed by atoms with E-state index in [1.807, 2.05) is 32.0 Å². The number of anilines is 1. The highest BCUT2D eigenvalue weighted by molar-refractivity contribution is 7.89. The number of pyridine rings is 1. The number of carbonyl (C=O) groups is 1. The molecule has 2 aliphatic heterocycles. The largest absolute Gasteiger partial charge is 0.475 e. The molecule has 44 heavy (non-hydrogen) atoms. The lowest BCUT2D eigenvalue weighted by molar-refractivity contribution is -0.117. The normalized spacial score (nSPS) is 22.5. The summed E-state index contributed by atoms with van der Waals surface area (Å²) < 4.78 is 48.3. The van der Waals surface area contributed by atoms with Gasteiger partial charge in [-0.1, -0.05) is 35.9 Å². The molecule has 5 rings (SSSR count). The first-order chi connectivity index (χ1) is 21.0. The summed E-state index contributed by atoms with van der Waals surface area (Å²) in [5, 5.41) is 6.84. The number of ether oxygens (including phenoxy) is 1. The maximum absolute atomic E-state index is 15.2. The molecule has 12 heteroatoms. The number of hydrogen-bond acceptors (Lipinski definition) is 7. The third-order valence-corrected chi connectivity index (χ3v) is 10.5. The Bertz CT molecular complexity index is 1560. The highest BCUT2D eigenvalue weighted by atomic mass is 35.5. The van der Waals surface area contributed by atoms with Crippen molar-refractivity contribution in [3.8, 4) is 5.88 Å². The van der Waals surface area contributed by atoms with Crippen molar-refractivity contribution in [3.05, 3.63) is 88.3 Å². The Morgan fingerprint density at radius 2 is 1.93 bits per heavy atom. The third-order valence-electron chi connectivity index (χ3n) is 8.23. The minimum atomic E-state index is -3.38. The first-order valence-corrected chi connectivity index (χ1v) is 17.0. The molecule has 3 heterocycles. The van der Waals surface area contributed by atoms with Gasteiger partial charge in [-0.15, -0.1) is 0 Å². The van der Waals surface area contributed by atoms with Crippen molar-refractivity contribution in [2.24, 2.45) is 5.73 Å². The average Bonchev–Trinajstić information content (AvgIpc) is 3.10. The van der Waals surface area contributed by atoms with E-state index < -0.39 is 33.7 Å². The molecule has 1 amide bonds. The predicted octanol–water partition coefficient (Wildman–Crippen LogP) is 4.46. The van der Waals surface area contributed by atoms with E-state index in [-0.39, 0.29) is 30.4 Å². The molecule has 2 saturated heterocycles. The molecule has 0 spiro atoms. The number of sulfonamides is 1. The molecule has 3 unspecified atom stereocenters. The topological polar surface area (TPSA) is 127 Å². The zero-order chi connectivity index (χ0) is 31.4. The van der Waals surface area contributed by atoms with E-state index in [0.29, 0.717) is 53.6 Å². The van der Waals surface area contributed by atoms with Crippen LogP contribution in [0.2, 0.25) is 5.02 Å². The van der Waals surface area contributed by atoms with Crippen LogP contribution in [0.15, 0.2) is 60.8 Å². The Hall–Kier alpha value is -3.09. The van der Waals surface area contributed by atoms with Crippen LogP contribution >= 0.6 is 11.6 Å².